The fourth-order valence-electron chi connectivity index (χ4n) is 6.30. The largest absolute Gasteiger partial charge is 0.495 e. The molecule has 0 bridgehead atoms. The molecule has 0 unspecified atom stereocenters. The highest BCUT2D eigenvalue weighted by Gasteiger charge is 2.37. The van der Waals surface area contributed by atoms with Crippen molar-refractivity contribution in [2.24, 2.45) is 0 Å². The van der Waals surface area contributed by atoms with Crippen LogP contribution in [0.4, 0.5) is 5.69 Å². The van der Waals surface area contributed by atoms with Gasteiger partial charge < -0.3 is 15.0 Å². The molecular weight excluding hydrogens is 693 g/mol. The van der Waals surface area contributed by atoms with Gasteiger partial charge in [-0.15, -0.1) is 0 Å². The van der Waals surface area contributed by atoms with Gasteiger partial charge in [-0.1, -0.05) is 103 Å². The monoisotopic (exact) mass is 735 g/mol. The number of nitrogens with zero attached hydrogens (tertiary/aromatic N) is 2. The molecule has 4 aromatic rings. The van der Waals surface area contributed by atoms with Crippen molar-refractivity contribution in [3.8, 4) is 5.75 Å². The van der Waals surface area contributed by atoms with Crippen LogP contribution in [-0.4, -0.2) is 50.9 Å². The SMILES string of the molecule is COc1ccc(C)cc1N(CC(=O)N(Cc1c(Cl)cccc1Cl)[C@@H](Cc1ccccc1)C(=O)NC1CCCCC1)S(=O)(=O)c1ccc(C)cc1. The highest BCUT2D eigenvalue weighted by molar-refractivity contribution is 7.92. The number of hydrogen-bond acceptors (Lipinski definition) is 5. The molecule has 1 saturated carbocycles. The van der Waals surface area contributed by atoms with Gasteiger partial charge in [-0.25, -0.2) is 8.42 Å². The Hall–Kier alpha value is -4.05. The van der Waals surface area contributed by atoms with Crippen LogP contribution in [0.25, 0.3) is 0 Å². The highest BCUT2D eigenvalue weighted by atomic mass is 35.5. The Kier molecular flexibility index (Phi) is 12.5. The van der Waals surface area contributed by atoms with Crippen molar-refractivity contribution in [2.45, 2.75) is 75.9 Å². The van der Waals surface area contributed by atoms with Crippen LogP contribution in [0.2, 0.25) is 10.0 Å². The first-order valence-corrected chi connectivity index (χ1v) is 19.0. The first-order valence-electron chi connectivity index (χ1n) is 16.8. The van der Waals surface area contributed by atoms with Crippen LogP contribution in [0.3, 0.4) is 0 Å². The second kappa shape index (κ2) is 16.8. The van der Waals surface area contributed by atoms with Gasteiger partial charge in [0.2, 0.25) is 11.8 Å². The molecule has 5 rings (SSSR count). The molecule has 0 aromatic heterocycles. The highest BCUT2D eigenvalue weighted by Crippen LogP contribution is 2.34. The third kappa shape index (κ3) is 8.99. The van der Waals surface area contributed by atoms with E-state index in [4.69, 9.17) is 27.9 Å². The zero-order chi connectivity index (χ0) is 35.8. The second-order valence-electron chi connectivity index (χ2n) is 12.8. The summed E-state index contributed by atoms with van der Waals surface area (Å²) in [5.41, 5.74) is 3.14. The van der Waals surface area contributed by atoms with Crippen LogP contribution in [0.15, 0.2) is 95.9 Å². The summed E-state index contributed by atoms with van der Waals surface area (Å²) >= 11 is 13.3. The Morgan fingerprint density at radius 2 is 1.50 bits per heavy atom. The number of anilines is 1. The summed E-state index contributed by atoms with van der Waals surface area (Å²) in [7, 11) is -2.86. The standard InChI is InChI=1S/C39H43Cl2N3O5S/c1-27-17-20-31(21-18-27)50(47,48)44(35-23-28(2)19-22-37(35)49-3)26-38(45)43(25-32-33(40)15-10-16-34(32)41)36(24-29-11-6-4-7-12-29)39(46)42-30-13-8-5-9-14-30/h4,6-7,10-12,15-23,30,36H,5,8-9,13-14,24-26H2,1-3H3,(H,42,46)/t36-/m0/s1. The normalized spacial score (nSPS) is 14.1. The maximum Gasteiger partial charge on any atom is 0.264 e. The van der Waals surface area contributed by atoms with Crippen LogP contribution in [0, 0.1) is 13.8 Å². The zero-order valence-corrected chi connectivity index (χ0v) is 30.9. The molecule has 1 fully saturated rings. The number of methoxy groups -OCH3 is 1. The van der Waals surface area contributed by atoms with E-state index in [1.807, 2.05) is 44.2 Å². The number of sulfonamides is 1. The summed E-state index contributed by atoms with van der Waals surface area (Å²) in [6, 6.07) is 25.0. The Morgan fingerprint density at radius 3 is 2.14 bits per heavy atom. The van der Waals surface area contributed by atoms with E-state index in [2.05, 4.69) is 5.32 Å². The van der Waals surface area contributed by atoms with Gasteiger partial charge in [-0.2, -0.15) is 0 Å². The van der Waals surface area contributed by atoms with Crippen LogP contribution < -0.4 is 14.4 Å². The molecule has 0 aliphatic heterocycles. The molecule has 0 spiro atoms. The molecule has 8 nitrogen and oxygen atoms in total. The minimum absolute atomic E-state index is 0.0102. The van der Waals surface area contributed by atoms with Gasteiger partial charge in [0.25, 0.3) is 10.0 Å². The average Bonchev–Trinajstić information content (AvgIpc) is 3.10. The second-order valence-corrected chi connectivity index (χ2v) is 15.4. The molecule has 0 heterocycles. The lowest BCUT2D eigenvalue weighted by Gasteiger charge is -2.35. The lowest BCUT2D eigenvalue weighted by Crippen LogP contribution is -2.55. The van der Waals surface area contributed by atoms with Crippen molar-refractivity contribution in [3.63, 3.8) is 0 Å². The fraction of sp³-hybridized carbons (Fsp3) is 0.333. The van der Waals surface area contributed by atoms with Crippen molar-refractivity contribution >= 4 is 50.7 Å². The minimum Gasteiger partial charge on any atom is -0.495 e. The van der Waals surface area contributed by atoms with Crippen molar-refractivity contribution < 1.29 is 22.7 Å². The number of ether oxygens (including phenoxy) is 1. The number of halogens is 2. The quantitative estimate of drug-likeness (QED) is 0.151. The van der Waals surface area contributed by atoms with Crippen LogP contribution in [0.1, 0.15) is 54.4 Å². The molecule has 264 valence electrons. The molecule has 4 aromatic carbocycles. The minimum atomic E-state index is -4.31. The maximum absolute atomic E-state index is 14.9. The lowest BCUT2D eigenvalue weighted by atomic mass is 9.94. The van der Waals surface area contributed by atoms with Gasteiger partial charge in [0.1, 0.15) is 18.3 Å². The smallest absolute Gasteiger partial charge is 0.264 e. The molecule has 1 aliphatic carbocycles. The van der Waals surface area contributed by atoms with Gasteiger partial charge in [-0.3, -0.25) is 13.9 Å². The van der Waals surface area contributed by atoms with E-state index in [0.717, 1.165) is 53.1 Å². The molecule has 1 aliphatic rings. The van der Waals surface area contributed by atoms with Gasteiger partial charge in [0, 0.05) is 34.6 Å². The predicted molar refractivity (Wildman–Crippen MR) is 199 cm³/mol. The van der Waals surface area contributed by atoms with E-state index in [1.165, 1.54) is 24.1 Å². The summed E-state index contributed by atoms with van der Waals surface area (Å²) < 4.78 is 35.6. The number of nitrogens with one attached hydrogen (secondary N) is 1. The number of hydrogen-bond donors (Lipinski definition) is 1. The number of aryl methyl sites for hydroxylation is 2. The zero-order valence-electron chi connectivity index (χ0n) is 28.6. The topological polar surface area (TPSA) is 96.0 Å². The summed E-state index contributed by atoms with van der Waals surface area (Å²) in [6.45, 7) is 2.94. The molecule has 1 N–H and O–H groups in total. The van der Waals surface area contributed by atoms with Crippen molar-refractivity contribution in [2.75, 3.05) is 18.0 Å². The van der Waals surface area contributed by atoms with Crippen molar-refractivity contribution in [1.82, 2.24) is 10.2 Å². The molecule has 11 heteroatoms. The summed E-state index contributed by atoms with van der Waals surface area (Å²) in [5.74, 6) is -0.658. The number of amides is 2. The van der Waals surface area contributed by atoms with E-state index in [1.54, 1.807) is 48.5 Å². The van der Waals surface area contributed by atoms with Gasteiger partial charge in [0.15, 0.2) is 0 Å². The number of rotatable bonds is 13. The summed E-state index contributed by atoms with van der Waals surface area (Å²) in [6.07, 6.45) is 5.02. The van der Waals surface area contributed by atoms with Gasteiger partial charge >= 0.3 is 0 Å². The third-order valence-corrected chi connectivity index (χ3v) is 11.6. The molecule has 1 atom stereocenters. The Morgan fingerprint density at radius 1 is 0.860 bits per heavy atom. The summed E-state index contributed by atoms with van der Waals surface area (Å²) in [4.78, 5) is 30.7. The van der Waals surface area contributed by atoms with E-state index < -0.39 is 28.5 Å². The Balaban J connectivity index is 1.63. The van der Waals surface area contributed by atoms with Crippen molar-refractivity contribution in [3.05, 3.63) is 123 Å². The lowest BCUT2D eigenvalue weighted by molar-refractivity contribution is -0.140. The predicted octanol–water partition coefficient (Wildman–Crippen LogP) is 7.90. The maximum atomic E-state index is 14.9. The van der Waals surface area contributed by atoms with Gasteiger partial charge in [0.05, 0.1) is 17.7 Å². The molecule has 50 heavy (non-hydrogen) atoms. The first-order chi connectivity index (χ1) is 24.0. The van der Waals surface area contributed by atoms with Crippen LogP contribution >= 0.6 is 23.2 Å². The molecule has 2 amide bonds. The first kappa shape index (κ1) is 37.2. The molecular formula is C39H43Cl2N3O5S. The van der Waals surface area contributed by atoms with Crippen LogP contribution in [0.5, 0.6) is 5.75 Å². The number of benzene rings is 4. The molecule has 0 radical (unpaired) electrons. The Bertz CT molecular complexity index is 1880. The number of carbonyl (C=O) groups is 2. The fourth-order valence-corrected chi connectivity index (χ4v) is 8.23. The van der Waals surface area contributed by atoms with Gasteiger partial charge in [-0.05, 0) is 74.2 Å². The van der Waals surface area contributed by atoms with E-state index in [-0.39, 0.29) is 41.2 Å². The van der Waals surface area contributed by atoms with Crippen LogP contribution in [-0.2, 0) is 32.6 Å². The van der Waals surface area contributed by atoms with E-state index in [0.29, 0.717) is 15.6 Å². The van der Waals surface area contributed by atoms with E-state index in [9.17, 15) is 18.0 Å². The van der Waals surface area contributed by atoms with Crippen molar-refractivity contribution in [1.29, 1.82) is 0 Å². The molecule has 0 saturated heterocycles. The Labute approximate surface area is 305 Å². The number of carbonyl (C=O) groups excluding carboxylic acids is 2. The third-order valence-electron chi connectivity index (χ3n) is 9.10. The summed E-state index contributed by atoms with van der Waals surface area (Å²) in [5, 5.41) is 3.86. The van der Waals surface area contributed by atoms with E-state index >= 15 is 0 Å². The average molecular weight is 737 g/mol.